The van der Waals surface area contributed by atoms with Crippen molar-refractivity contribution in [2.24, 2.45) is 0 Å². The van der Waals surface area contributed by atoms with Gasteiger partial charge in [0, 0.05) is 26.2 Å². The molecule has 0 aromatic carbocycles. The van der Waals surface area contributed by atoms with Gasteiger partial charge < -0.3 is 15.4 Å². The Kier molecular flexibility index (Phi) is 15.6. The molecule has 0 radical (unpaired) electrons. The van der Waals surface area contributed by atoms with E-state index in [2.05, 4.69) is 10.6 Å². The maximum absolute atomic E-state index is 11.2. The Labute approximate surface area is 98.6 Å². The highest BCUT2D eigenvalue weighted by atomic mass is 35.5. The smallest absolute Gasteiger partial charge is 0.220 e. The van der Waals surface area contributed by atoms with E-state index >= 15 is 0 Å². The lowest BCUT2D eigenvalue weighted by molar-refractivity contribution is -0.121. The average Bonchev–Trinajstić information content (AvgIpc) is 2.19. The molecule has 0 atom stereocenters. The van der Waals surface area contributed by atoms with Crippen LogP contribution in [-0.4, -0.2) is 39.3 Å². The van der Waals surface area contributed by atoms with Crippen LogP contribution in [0.1, 0.15) is 26.2 Å². The molecule has 2 N–H and O–H groups in total. The molecule has 0 saturated heterocycles. The van der Waals surface area contributed by atoms with E-state index in [-0.39, 0.29) is 18.3 Å². The predicted octanol–water partition coefficient (Wildman–Crippen LogP) is 0.951. The Morgan fingerprint density at radius 3 is 2.60 bits per heavy atom. The molecule has 0 aliphatic carbocycles. The van der Waals surface area contributed by atoms with Gasteiger partial charge in [-0.2, -0.15) is 0 Å². The first-order valence-corrected chi connectivity index (χ1v) is 5.30. The Bertz CT molecular complexity index is 131. The van der Waals surface area contributed by atoms with E-state index in [0.717, 1.165) is 32.5 Å². The topological polar surface area (TPSA) is 50.4 Å². The fourth-order valence-electron chi connectivity index (χ4n) is 1.06. The third-order valence-electron chi connectivity index (χ3n) is 1.82. The summed E-state index contributed by atoms with van der Waals surface area (Å²) < 4.78 is 5.14. The molecule has 0 spiro atoms. The summed E-state index contributed by atoms with van der Waals surface area (Å²) in [4.78, 5) is 11.2. The van der Waals surface area contributed by atoms with Crippen LogP contribution in [0.25, 0.3) is 0 Å². The van der Waals surface area contributed by atoms with Crippen molar-refractivity contribution in [1.29, 1.82) is 0 Å². The van der Waals surface area contributed by atoms with Crippen molar-refractivity contribution < 1.29 is 9.53 Å². The highest BCUT2D eigenvalue weighted by molar-refractivity contribution is 5.85. The quantitative estimate of drug-likeness (QED) is 0.588. The molecular weight excluding hydrogens is 216 g/mol. The fourth-order valence-corrected chi connectivity index (χ4v) is 1.06. The molecule has 0 rings (SSSR count). The highest BCUT2D eigenvalue weighted by Gasteiger charge is 1.99. The van der Waals surface area contributed by atoms with Crippen LogP contribution in [-0.2, 0) is 9.53 Å². The van der Waals surface area contributed by atoms with E-state index in [9.17, 15) is 4.79 Å². The SMILES string of the molecule is CCOCCCC(=O)NCCCNC.Cl. The standard InChI is InChI=1S/C10H22N2O2.ClH/c1-3-14-9-4-6-10(13)12-8-5-7-11-2;/h11H,3-9H2,1-2H3,(H,12,13);1H. The summed E-state index contributed by atoms with van der Waals surface area (Å²) in [6.45, 7) is 5.07. The molecule has 0 heterocycles. The van der Waals surface area contributed by atoms with Gasteiger partial charge in [0.1, 0.15) is 0 Å². The summed E-state index contributed by atoms with van der Waals surface area (Å²) >= 11 is 0. The average molecular weight is 239 g/mol. The Hall–Kier alpha value is -0.320. The molecule has 0 bridgehead atoms. The van der Waals surface area contributed by atoms with E-state index < -0.39 is 0 Å². The van der Waals surface area contributed by atoms with Gasteiger partial charge in [-0.15, -0.1) is 12.4 Å². The van der Waals surface area contributed by atoms with Crippen LogP contribution in [0.4, 0.5) is 0 Å². The van der Waals surface area contributed by atoms with Gasteiger partial charge in [-0.1, -0.05) is 0 Å². The minimum absolute atomic E-state index is 0. The van der Waals surface area contributed by atoms with E-state index in [1.807, 2.05) is 14.0 Å². The van der Waals surface area contributed by atoms with Crippen molar-refractivity contribution in [3.8, 4) is 0 Å². The molecule has 15 heavy (non-hydrogen) atoms. The number of hydrogen-bond acceptors (Lipinski definition) is 3. The molecule has 0 aliphatic heterocycles. The molecule has 0 fully saturated rings. The van der Waals surface area contributed by atoms with E-state index in [1.54, 1.807) is 0 Å². The minimum Gasteiger partial charge on any atom is -0.382 e. The van der Waals surface area contributed by atoms with Crippen LogP contribution in [0.3, 0.4) is 0 Å². The van der Waals surface area contributed by atoms with Gasteiger partial charge in [-0.3, -0.25) is 4.79 Å². The number of hydrogen-bond donors (Lipinski definition) is 2. The van der Waals surface area contributed by atoms with Gasteiger partial charge in [0.15, 0.2) is 0 Å². The molecule has 1 amide bonds. The number of carbonyl (C=O) groups excluding carboxylic acids is 1. The third-order valence-corrected chi connectivity index (χ3v) is 1.82. The lowest BCUT2D eigenvalue weighted by Crippen LogP contribution is -2.26. The summed E-state index contributed by atoms with van der Waals surface area (Å²) in [6, 6.07) is 0. The normalized spacial score (nSPS) is 9.47. The second-order valence-electron chi connectivity index (χ2n) is 3.11. The van der Waals surface area contributed by atoms with Gasteiger partial charge in [0.25, 0.3) is 0 Å². The Morgan fingerprint density at radius 1 is 1.27 bits per heavy atom. The summed E-state index contributed by atoms with van der Waals surface area (Å²) in [5.74, 6) is 0.126. The Balaban J connectivity index is 0. The highest BCUT2D eigenvalue weighted by Crippen LogP contribution is 1.90. The summed E-state index contributed by atoms with van der Waals surface area (Å²) in [5, 5.41) is 5.89. The van der Waals surface area contributed by atoms with Crippen molar-refractivity contribution >= 4 is 18.3 Å². The lowest BCUT2D eigenvalue weighted by atomic mass is 10.3. The van der Waals surface area contributed by atoms with Crippen LogP contribution < -0.4 is 10.6 Å². The van der Waals surface area contributed by atoms with Crippen molar-refractivity contribution in [1.82, 2.24) is 10.6 Å². The molecule has 0 saturated carbocycles. The van der Waals surface area contributed by atoms with Gasteiger partial charge >= 0.3 is 0 Å². The van der Waals surface area contributed by atoms with E-state index in [4.69, 9.17) is 4.74 Å². The number of carbonyl (C=O) groups is 1. The van der Waals surface area contributed by atoms with E-state index in [0.29, 0.717) is 13.0 Å². The maximum Gasteiger partial charge on any atom is 0.220 e. The summed E-state index contributed by atoms with van der Waals surface area (Å²) in [6.07, 6.45) is 2.36. The zero-order valence-electron chi connectivity index (χ0n) is 9.67. The van der Waals surface area contributed by atoms with Gasteiger partial charge in [0.05, 0.1) is 0 Å². The monoisotopic (exact) mass is 238 g/mol. The lowest BCUT2D eigenvalue weighted by Gasteiger charge is -2.04. The van der Waals surface area contributed by atoms with Crippen LogP contribution in [0, 0.1) is 0 Å². The van der Waals surface area contributed by atoms with Crippen molar-refractivity contribution in [2.75, 3.05) is 33.4 Å². The summed E-state index contributed by atoms with van der Waals surface area (Å²) in [5.41, 5.74) is 0. The van der Waals surface area contributed by atoms with Crippen LogP contribution in [0.15, 0.2) is 0 Å². The third kappa shape index (κ3) is 13.7. The van der Waals surface area contributed by atoms with Crippen LogP contribution in [0.5, 0.6) is 0 Å². The second kappa shape index (κ2) is 13.7. The summed E-state index contributed by atoms with van der Waals surface area (Å²) in [7, 11) is 1.91. The fraction of sp³-hybridized carbons (Fsp3) is 0.900. The number of nitrogens with one attached hydrogen (secondary N) is 2. The Morgan fingerprint density at radius 2 is 2.00 bits per heavy atom. The van der Waals surface area contributed by atoms with E-state index in [1.165, 1.54) is 0 Å². The number of rotatable bonds is 9. The number of amides is 1. The molecule has 0 aromatic heterocycles. The van der Waals surface area contributed by atoms with Crippen molar-refractivity contribution in [3.63, 3.8) is 0 Å². The zero-order valence-corrected chi connectivity index (χ0v) is 10.5. The maximum atomic E-state index is 11.2. The molecular formula is C10H23ClN2O2. The molecule has 0 aromatic rings. The van der Waals surface area contributed by atoms with Crippen molar-refractivity contribution in [2.45, 2.75) is 26.2 Å². The molecule has 0 aliphatic rings. The minimum atomic E-state index is 0. The predicted molar refractivity (Wildman–Crippen MR) is 64.5 cm³/mol. The van der Waals surface area contributed by atoms with Crippen LogP contribution in [0.2, 0.25) is 0 Å². The van der Waals surface area contributed by atoms with Gasteiger partial charge in [-0.25, -0.2) is 0 Å². The molecule has 92 valence electrons. The zero-order chi connectivity index (χ0) is 10.6. The molecule has 0 unspecified atom stereocenters. The largest absolute Gasteiger partial charge is 0.382 e. The number of halogens is 1. The second-order valence-corrected chi connectivity index (χ2v) is 3.11. The molecule has 4 nitrogen and oxygen atoms in total. The van der Waals surface area contributed by atoms with Gasteiger partial charge in [0.2, 0.25) is 5.91 Å². The first-order chi connectivity index (χ1) is 6.81. The van der Waals surface area contributed by atoms with Crippen molar-refractivity contribution in [3.05, 3.63) is 0 Å². The first kappa shape index (κ1) is 17.1. The van der Waals surface area contributed by atoms with Crippen LogP contribution >= 0.6 is 12.4 Å². The molecule has 5 heteroatoms. The first-order valence-electron chi connectivity index (χ1n) is 5.30. The number of ether oxygens (including phenoxy) is 1. The van der Waals surface area contributed by atoms with Gasteiger partial charge in [-0.05, 0) is 33.4 Å².